The van der Waals surface area contributed by atoms with Gasteiger partial charge in [0.25, 0.3) is 10.0 Å². The maximum atomic E-state index is 13.8. The number of pyridine rings is 1. The van der Waals surface area contributed by atoms with Gasteiger partial charge in [0.2, 0.25) is 0 Å². The summed E-state index contributed by atoms with van der Waals surface area (Å²) < 4.78 is 39.7. The lowest BCUT2D eigenvalue weighted by Gasteiger charge is -2.25. The minimum Gasteiger partial charge on any atom is -0.497 e. The quantitative estimate of drug-likeness (QED) is 0.297. The molecule has 37 heavy (non-hydrogen) atoms. The monoisotopic (exact) mass is 535 g/mol. The topological polar surface area (TPSA) is 80.8 Å². The fourth-order valence-electron chi connectivity index (χ4n) is 4.24. The van der Waals surface area contributed by atoms with E-state index in [1.165, 1.54) is 4.41 Å². The molecule has 0 saturated carbocycles. The molecule has 4 aromatic rings. The van der Waals surface area contributed by atoms with E-state index in [2.05, 4.69) is 10.4 Å². The van der Waals surface area contributed by atoms with Gasteiger partial charge in [-0.15, -0.1) is 4.41 Å². The van der Waals surface area contributed by atoms with Gasteiger partial charge in [0.15, 0.2) is 0 Å². The molecule has 2 heterocycles. The molecule has 1 aromatic heterocycles. The lowest BCUT2D eigenvalue weighted by atomic mass is 10.0. The Morgan fingerprint density at radius 2 is 1.70 bits per heavy atom. The van der Waals surface area contributed by atoms with Gasteiger partial charge >= 0.3 is 0 Å². The van der Waals surface area contributed by atoms with E-state index in [-0.39, 0.29) is 10.0 Å². The Labute approximate surface area is 221 Å². The molecule has 3 aromatic carbocycles. The first-order valence-corrected chi connectivity index (χ1v) is 13.6. The first-order valence-electron chi connectivity index (χ1n) is 11.8. The standard InChI is InChI=1S/C28H26ClN3O4S/c1-4-36-22-12-9-20-15-24(28(29)30-25(20)16-22)27-17-26(19-7-10-21(35-3)11-8-19)31-32(27)37(33,34)23-13-5-18(2)6-14-23/h5-17,27,31H,4H2,1-3H3/t27-/m0/s1. The number of methoxy groups -OCH3 is 1. The molecule has 1 N–H and O–H groups in total. The van der Waals surface area contributed by atoms with E-state index in [1.54, 1.807) is 31.4 Å². The number of ether oxygens (including phenoxy) is 2. The van der Waals surface area contributed by atoms with E-state index < -0.39 is 16.1 Å². The second-order valence-corrected chi connectivity index (χ2v) is 10.8. The molecular formula is C28H26ClN3O4S. The Bertz CT molecular complexity index is 1590. The minimum absolute atomic E-state index is 0.172. The number of rotatable bonds is 7. The van der Waals surface area contributed by atoms with Crippen molar-refractivity contribution in [1.29, 1.82) is 0 Å². The van der Waals surface area contributed by atoms with Gasteiger partial charge in [-0.05, 0) is 80.1 Å². The third-order valence-electron chi connectivity index (χ3n) is 6.19. The average Bonchev–Trinajstić information content (AvgIpc) is 3.35. The van der Waals surface area contributed by atoms with E-state index in [0.717, 1.165) is 16.5 Å². The third-order valence-corrected chi connectivity index (χ3v) is 8.19. The number of aryl methyl sites for hydroxylation is 1. The van der Waals surface area contributed by atoms with Crippen LogP contribution in [0.1, 0.15) is 29.7 Å². The molecule has 5 rings (SSSR count). The molecule has 0 aliphatic carbocycles. The maximum Gasteiger partial charge on any atom is 0.260 e. The number of nitrogens with one attached hydrogen (secondary N) is 1. The smallest absolute Gasteiger partial charge is 0.260 e. The summed E-state index contributed by atoms with van der Waals surface area (Å²) in [6.07, 6.45) is 1.84. The molecule has 1 aliphatic heterocycles. The van der Waals surface area contributed by atoms with Crippen molar-refractivity contribution in [2.75, 3.05) is 13.7 Å². The van der Waals surface area contributed by atoms with Crippen LogP contribution in [0.3, 0.4) is 0 Å². The van der Waals surface area contributed by atoms with Crippen LogP contribution in [0.4, 0.5) is 0 Å². The molecule has 1 atom stereocenters. The Morgan fingerprint density at radius 3 is 2.38 bits per heavy atom. The van der Waals surface area contributed by atoms with Crippen LogP contribution in [0, 0.1) is 6.92 Å². The highest BCUT2D eigenvalue weighted by Gasteiger charge is 2.38. The van der Waals surface area contributed by atoms with E-state index >= 15 is 0 Å². The Hall–Kier alpha value is -3.59. The largest absolute Gasteiger partial charge is 0.497 e. The molecule has 0 spiro atoms. The summed E-state index contributed by atoms with van der Waals surface area (Å²) in [6, 6.07) is 20.8. The van der Waals surface area contributed by atoms with Crippen LogP contribution < -0.4 is 14.9 Å². The Morgan fingerprint density at radius 1 is 1.00 bits per heavy atom. The van der Waals surface area contributed by atoms with Crippen LogP contribution >= 0.6 is 11.6 Å². The van der Waals surface area contributed by atoms with Gasteiger partial charge in [0, 0.05) is 17.0 Å². The molecule has 1 aliphatic rings. The average molecular weight is 536 g/mol. The Kier molecular flexibility index (Phi) is 6.81. The number of hydrazine groups is 1. The highest BCUT2D eigenvalue weighted by Crippen LogP contribution is 2.39. The van der Waals surface area contributed by atoms with Crippen molar-refractivity contribution >= 4 is 38.2 Å². The number of nitrogens with zero attached hydrogens (tertiary/aromatic N) is 2. The van der Waals surface area contributed by atoms with Gasteiger partial charge in [-0.2, -0.15) is 0 Å². The molecule has 0 fully saturated rings. The molecular weight excluding hydrogens is 510 g/mol. The van der Waals surface area contributed by atoms with Crippen LogP contribution in [-0.2, 0) is 10.0 Å². The number of hydrogen-bond donors (Lipinski definition) is 1. The number of sulfonamides is 1. The van der Waals surface area contributed by atoms with Gasteiger partial charge in [-0.25, -0.2) is 13.4 Å². The van der Waals surface area contributed by atoms with Gasteiger partial charge in [0.05, 0.1) is 35.9 Å². The normalized spacial score (nSPS) is 15.9. The van der Waals surface area contributed by atoms with Crippen LogP contribution in [-0.4, -0.2) is 31.5 Å². The van der Waals surface area contributed by atoms with Crippen molar-refractivity contribution in [1.82, 2.24) is 14.8 Å². The van der Waals surface area contributed by atoms with Crippen molar-refractivity contribution in [3.8, 4) is 11.5 Å². The van der Waals surface area contributed by atoms with Gasteiger partial charge in [-0.1, -0.05) is 29.3 Å². The molecule has 7 nitrogen and oxygen atoms in total. The molecule has 9 heteroatoms. The highest BCUT2D eigenvalue weighted by atomic mass is 35.5. The number of fused-ring (bicyclic) bond motifs is 1. The molecule has 0 saturated heterocycles. The Balaban J connectivity index is 1.62. The first-order chi connectivity index (χ1) is 17.8. The summed E-state index contributed by atoms with van der Waals surface area (Å²) in [4.78, 5) is 4.75. The van der Waals surface area contributed by atoms with Gasteiger partial charge in [0.1, 0.15) is 16.7 Å². The van der Waals surface area contributed by atoms with E-state index in [1.807, 2.05) is 68.5 Å². The maximum absolute atomic E-state index is 13.8. The zero-order valence-corrected chi connectivity index (χ0v) is 22.2. The minimum atomic E-state index is -3.95. The number of hydrogen-bond acceptors (Lipinski definition) is 6. The molecule has 0 bridgehead atoms. The zero-order valence-electron chi connectivity index (χ0n) is 20.6. The number of aromatic nitrogens is 1. The van der Waals surface area contributed by atoms with E-state index in [9.17, 15) is 8.42 Å². The SMILES string of the molecule is CCOc1ccc2cc([C@@H]3C=C(c4ccc(OC)cc4)NN3S(=O)(=O)c3ccc(C)cc3)c(Cl)nc2c1. The van der Waals surface area contributed by atoms with E-state index in [4.69, 9.17) is 21.1 Å². The summed E-state index contributed by atoms with van der Waals surface area (Å²) in [7, 11) is -2.35. The summed E-state index contributed by atoms with van der Waals surface area (Å²) >= 11 is 6.68. The van der Waals surface area contributed by atoms with Gasteiger partial charge < -0.3 is 14.9 Å². The van der Waals surface area contributed by atoms with Crippen LogP contribution in [0.2, 0.25) is 5.15 Å². The van der Waals surface area contributed by atoms with Gasteiger partial charge in [-0.3, -0.25) is 0 Å². The number of halogens is 1. The second kappa shape index (κ2) is 10.0. The van der Waals surface area contributed by atoms with Crippen molar-refractivity contribution < 1.29 is 17.9 Å². The van der Waals surface area contributed by atoms with Crippen LogP contribution in [0.15, 0.2) is 83.8 Å². The lowest BCUT2D eigenvalue weighted by Crippen LogP contribution is -2.39. The van der Waals surface area contributed by atoms with Crippen molar-refractivity contribution in [3.63, 3.8) is 0 Å². The van der Waals surface area contributed by atoms with Crippen molar-refractivity contribution in [2.24, 2.45) is 0 Å². The second-order valence-electron chi connectivity index (χ2n) is 8.64. The summed E-state index contributed by atoms with van der Waals surface area (Å²) in [5, 5.41) is 1.03. The van der Waals surface area contributed by atoms with E-state index in [0.29, 0.717) is 34.9 Å². The zero-order chi connectivity index (χ0) is 26.2. The summed E-state index contributed by atoms with van der Waals surface area (Å²) in [6.45, 7) is 4.36. The predicted molar refractivity (Wildman–Crippen MR) is 145 cm³/mol. The lowest BCUT2D eigenvalue weighted by molar-refractivity contribution is 0.340. The molecule has 0 radical (unpaired) electrons. The predicted octanol–water partition coefficient (Wildman–Crippen LogP) is 5.90. The number of benzene rings is 3. The first kappa shape index (κ1) is 25.1. The van der Waals surface area contributed by atoms with Crippen LogP contribution in [0.5, 0.6) is 11.5 Å². The highest BCUT2D eigenvalue weighted by molar-refractivity contribution is 7.89. The molecule has 190 valence electrons. The fourth-order valence-corrected chi connectivity index (χ4v) is 5.89. The molecule has 0 amide bonds. The van der Waals surface area contributed by atoms with Crippen LogP contribution in [0.25, 0.3) is 16.6 Å². The fraction of sp³-hybridized carbons (Fsp3) is 0.179. The third kappa shape index (κ3) is 4.87. The summed E-state index contributed by atoms with van der Waals surface area (Å²) in [5.41, 5.74) is 6.73. The van der Waals surface area contributed by atoms with Crippen molar-refractivity contribution in [3.05, 3.63) is 101 Å². The molecule has 0 unspecified atom stereocenters. The van der Waals surface area contributed by atoms with Crippen molar-refractivity contribution in [2.45, 2.75) is 24.8 Å². The summed E-state index contributed by atoms with van der Waals surface area (Å²) in [5.74, 6) is 1.40.